The molecule has 1 aliphatic rings. The van der Waals surface area contributed by atoms with Gasteiger partial charge < -0.3 is 14.8 Å². The Labute approximate surface area is 172 Å². The van der Waals surface area contributed by atoms with Gasteiger partial charge in [0.1, 0.15) is 5.82 Å². The molecule has 28 heavy (non-hydrogen) atoms. The molecule has 4 rings (SSSR count). The minimum atomic E-state index is -0.0945. The van der Waals surface area contributed by atoms with Crippen molar-refractivity contribution in [1.29, 1.82) is 0 Å². The van der Waals surface area contributed by atoms with Crippen molar-refractivity contribution >= 4 is 35.1 Å². The van der Waals surface area contributed by atoms with Crippen LogP contribution in [0.2, 0.25) is 0 Å². The van der Waals surface area contributed by atoms with E-state index in [0.717, 1.165) is 36.7 Å². The van der Waals surface area contributed by atoms with Crippen molar-refractivity contribution in [3.63, 3.8) is 0 Å². The van der Waals surface area contributed by atoms with Crippen molar-refractivity contribution in [2.24, 2.45) is 0 Å². The summed E-state index contributed by atoms with van der Waals surface area (Å²) in [5.41, 5.74) is 0.631. The fourth-order valence-electron chi connectivity index (χ4n) is 3.13. The molecule has 10 heteroatoms. The van der Waals surface area contributed by atoms with Gasteiger partial charge >= 0.3 is 0 Å². The molecule has 0 radical (unpaired) electrons. The van der Waals surface area contributed by atoms with Gasteiger partial charge in [0.2, 0.25) is 5.89 Å². The van der Waals surface area contributed by atoms with Gasteiger partial charge in [-0.1, -0.05) is 17.3 Å². The molecular weight excluding hydrogens is 400 g/mol. The Morgan fingerprint density at radius 2 is 2.18 bits per heavy atom. The van der Waals surface area contributed by atoms with Crippen LogP contribution in [0.15, 0.2) is 33.6 Å². The van der Waals surface area contributed by atoms with E-state index in [2.05, 4.69) is 37.4 Å². The molecule has 150 valence electrons. The Hall–Kier alpha value is -1.94. The molecule has 2 N–H and O–H groups in total. The monoisotopic (exact) mass is 422 g/mol. The summed E-state index contributed by atoms with van der Waals surface area (Å²) in [7, 11) is 2.08. The summed E-state index contributed by atoms with van der Waals surface area (Å²) < 4.78 is 5.39. The van der Waals surface area contributed by atoms with E-state index < -0.39 is 0 Å². The first-order valence-electron chi connectivity index (χ1n) is 9.00. The zero-order valence-electron chi connectivity index (χ0n) is 15.6. The molecule has 0 saturated carbocycles. The highest BCUT2D eigenvalue weighted by Gasteiger charge is 2.25. The van der Waals surface area contributed by atoms with Gasteiger partial charge in [-0.15, -0.1) is 12.4 Å². The largest absolute Gasteiger partial charge is 0.339 e. The number of benzene rings is 1. The number of fused-ring (bicyclic) bond motifs is 1. The SMILES string of the molecule is CN1CCNCC1c1noc(CCSCc2nc3ccccc3c(=O)[nH]2)n1.Cl. The number of halogens is 1. The first-order chi connectivity index (χ1) is 13.2. The van der Waals surface area contributed by atoms with Crippen LogP contribution in [-0.2, 0) is 12.2 Å². The molecule has 1 fully saturated rings. The van der Waals surface area contributed by atoms with Crippen LogP contribution >= 0.6 is 24.2 Å². The maximum atomic E-state index is 12.1. The number of nitrogens with one attached hydrogen (secondary N) is 2. The number of hydrogen-bond donors (Lipinski definition) is 2. The summed E-state index contributed by atoms with van der Waals surface area (Å²) in [6.07, 6.45) is 0.694. The third kappa shape index (κ3) is 4.72. The molecule has 3 heterocycles. The number of para-hydroxylation sites is 1. The van der Waals surface area contributed by atoms with Crippen LogP contribution in [0.1, 0.15) is 23.6 Å². The van der Waals surface area contributed by atoms with Crippen molar-refractivity contribution < 1.29 is 4.52 Å². The first-order valence-corrected chi connectivity index (χ1v) is 10.2. The maximum Gasteiger partial charge on any atom is 0.258 e. The number of aromatic amines is 1. The molecule has 8 nitrogen and oxygen atoms in total. The number of hydrogen-bond acceptors (Lipinski definition) is 8. The second kappa shape index (κ2) is 9.51. The molecule has 0 bridgehead atoms. The van der Waals surface area contributed by atoms with E-state index in [0.29, 0.717) is 29.3 Å². The van der Waals surface area contributed by atoms with E-state index in [1.165, 1.54) is 0 Å². The van der Waals surface area contributed by atoms with Gasteiger partial charge in [-0.3, -0.25) is 9.69 Å². The fraction of sp³-hybridized carbons (Fsp3) is 0.444. The lowest BCUT2D eigenvalue weighted by atomic mass is 10.2. The summed E-state index contributed by atoms with van der Waals surface area (Å²) in [6.45, 7) is 2.80. The number of aromatic nitrogens is 4. The summed E-state index contributed by atoms with van der Waals surface area (Å²) in [4.78, 5) is 26.2. The van der Waals surface area contributed by atoms with Crippen molar-refractivity contribution in [2.45, 2.75) is 18.2 Å². The average molecular weight is 423 g/mol. The van der Waals surface area contributed by atoms with Gasteiger partial charge in [-0.05, 0) is 19.2 Å². The summed E-state index contributed by atoms with van der Waals surface area (Å²) in [6, 6.07) is 7.53. The number of thioether (sulfide) groups is 1. The summed E-state index contributed by atoms with van der Waals surface area (Å²) >= 11 is 1.68. The number of likely N-dealkylation sites (N-methyl/N-ethyl adjacent to an activating group) is 1. The van der Waals surface area contributed by atoms with Crippen LogP contribution in [0, 0.1) is 0 Å². The average Bonchev–Trinajstić information content (AvgIpc) is 3.14. The predicted octanol–water partition coefficient (Wildman–Crippen LogP) is 1.78. The molecule has 0 aliphatic carbocycles. The van der Waals surface area contributed by atoms with E-state index in [1.54, 1.807) is 17.8 Å². The number of rotatable bonds is 6. The Balaban J connectivity index is 0.00000225. The molecular formula is C18H23ClN6O2S. The van der Waals surface area contributed by atoms with Gasteiger partial charge in [-0.25, -0.2) is 4.98 Å². The minimum Gasteiger partial charge on any atom is -0.339 e. The van der Waals surface area contributed by atoms with Gasteiger partial charge in [-0.2, -0.15) is 16.7 Å². The van der Waals surface area contributed by atoms with E-state index in [9.17, 15) is 4.79 Å². The molecule has 0 amide bonds. The lowest BCUT2D eigenvalue weighted by Crippen LogP contribution is -2.44. The summed E-state index contributed by atoms with van der Waals surface area (Å²) in [5.74, 6) is 3.53. The lowest BCUT2D eigenvalue weighted by molar-refractivity contribution is 0.190. The van der Waals surface area contributed by atoms with E-state index >= 15 is 0 Å². The normalized spacial score (nSPS) is 17.5. The van der Waals surface area contributed by atoms with Crippen LogP contribution < -0.4 is 10.9 Å². The molecule has 1 saturated heterocycles. The minimum absolute atomic E-state index is 0. The van der Waals surface area contributed by atoms with Gasteiger partial charge in [0.05, 0.1) is 22.7 Å². The molecule has 1 atom stereocenters. The Kier molecular flexibility index (Phi) is 7.06. The number of piperazine rings is 1. The second-order valence-corrected chi connectivity index (χ2v) is 7.68. The third-order valence-corrected chi connectivity index (χ3v) is 5.62. The fourth-order valence-corrected chi connectivity index (χ4v) is 3.92. The molecule has 1 aromatic carbocycles. The third-order valence-electron chi connectivity index (χ3n) is 4.65. The first kappa shape index (κ1) is 20.8. The highest BCUT2D eigenvalue weighted by molar-refractivity contribution is 7.98. The summed E-state index contributed by atoms with van der Waals surface area (Å²) in [5, 5.41) is 8.11. The van der Waals surface area contributed by atoms with Gasteiger partial charge in [0, 0.05) is 31.8 Å². The van der Waals surface area contributed by atoms with Crippen molar-refractivity contribution in [3.8, 4) is 0 Å². The van der Waals surface area contributed by atoms with Crippen LogP contribution in [0.3, 0.4) is 0 Å². The smallest absolute Gasteiger partial charge is 0.258 e. The number of aryl methyl sites for hydroxylation is 1. The molecule has 1 unspecified atom stereocenters. The zero-order chi connectivity index (χ0) is 18.6. The highest BCUT2D eigenvalue weighted by Crippen LogP contribution is 2.18. The zero-order valence-corrected chi connectivity index (χ0v) is 17.2. The standard InChI is InChI=1S/C18H22N6O2S.ClH/c1-24-8-7-19-10-14(24)17-22-16(26-23-17)6-9-27-11-15-20-13-5-3-2-4-12(13)18(25)21-15;/h2-5,14,19H,6-11H2,1H3,(H,20,21,25);1H. The van der Waals surface area contributed by atoms with Crippen LogP contribution in [0.4, 0.5) is 0 Å². The predicted molar refractivity (Wildman–Crippen MR) is 112 cm³/mol. The van der Waals surface area contributed by atoms with Crippen molar-refractivity contribution in [1.82, 2.24) is 30.3 Å². The molecule has 1 aliphatic heterocycles. The van der Waals surface area contributed by atoms with Gasteiger partial charge in [0.15, 0.2) is 5.82 Å². The maximum absolute atomic E-state index is 12.1. The number of H-pyrrole nitrogens is 1. The quantitative estimate of drug-likeness (QED) is 0.580. The van der Waals surface area contributed by atoms with Crippen LogP contribution in [0.25, 0.3) is 10.9 Å². The Bertz CT molecular complexity index is 978. The Morgan fingerprint density at radius 1 is 1.32 bits per heavy atom. The lowest BCUT2D eigenvalue weighted by Gasteiger charge is -2.30. The van der Waals surface area contributed by atoms with Crippen LogP contribution in [0.5, 0.6) is 0 Å². The van der Waals surface area contributed by atoms with E-state index in [1.807, 2.05) is 18.2 Å². The highest BCUT2D eigenvalue weighted by atomic mass is 35.5. The number of nitrogens with zero attached hydrogens (tertiary/aromatic N) is 4. The van der Waals surface area contributed by atoms with Gasteiger partial charge in [0.25, 0.3) is 5.56 Å². The second-order valence-electron chi connectivity index (χ2n) is 6.58. The van der Waals surface area contributed by atoms with Crippen LogP contribution in [-0.4, -0.2) is 57.4 Å². The molecule has 3 aromatic rings. The molecule has 0 spiro atoms. The van der Waals surface area contributed by atoms with E-state index in [-0.39, 0.29) is 24.0 Å². The Morgan fingerprint density at radius 3 is 3.04 bits per heavy atom. The molecule has 2 aromatic heterocycles. The van der Waals surface area contributed by atoms with Crippen molar-refractivity contribution in [2.75, 3.05) is 32.4 Å². The van der Waals surface area contributed by atoms with Crippen molar-refractivity contribution in [3.05, 3.63) is 52.2 Å². The topological polar surface area (TPSA) is 99.9 Å². The van der Waals surface area contributed by atoms with E-state index in [4.69, 9.17) is 4.52 Å².